The summed E-state index contributed by atoms with van der Waals surface area (Å²) in [6.45, 7) is 0.482. The van der Waals surface area contributed by atoms with Crippen LogP contribution >= 0.6 is 0 Å². The van der Waals surface area contributed by atoms with Crippen molar-refractivity contribution in [2.24, 2.45) is 5.73 Å². The lowest BCUT2D eigenvalue weighted by Crippen LogP contribution is -2.16. The van der Waals surface area contributed by atoms with Crippen molar-refractivity contribution >= 4 is 22.6 Å². The van der Waals surface area contributed by atoms with Gasteiger partial charge in [0, 0.05) is 17.5 Å². The van der Waals surface area contributed by atoms with E-state index in [1.165, 1.54) is 0 Å². The number of anilines is 1. The number of amides is 1. The largest absolute Gasteiger partial charge is 0.496 e. The fourth-order valence-electron chi connectivity index (χ4n) is 2.47. The number of ether oxygens (including phenoxy) is 1. The Bertz CT molecular complexity index is 862. The first kappa shape index (κ1) is 14.8. The molecule has 0 saturated carbocycles. The number of para-hydroxylation sites is 2. The van der Waals surface area contributed by atoms with Gasteiger partial charge >= 0.3 is 0 Å². The van der Waals surface area contributed by atoms with E-state index in [2.05, 4.69) is 10.3 Å². The first-order chi connectivity index (χ1) is 11.2. The zero-order chi connectivity index (χ0) is 16.2. The normalized spacial score (nSPS) is 10.5. The summed E-state index contributed by atoms with van der Waals surface area (Å²) in [7, 11) is 1.63. The molecule has 116 valence electrons. The lowest BCUT2D eigenvalue weighted by molar-refractivity contribution is 0.100. The number of hydrogen-bond acceptors (Lipinski definition) is 4. The van der Waals surface area contributed by atoms with E-state index in [0.29, 0.717) is 17.9 Å². The molecule has 0 atom stereocenters. The molecule has 0 bridgehead atoms. The second-order valence-electron chi connectivity index (χ2n) is 5.11. The van der Waals surface area contributed by atoms with Gasteiger partial charge in [-0.3, -0.25) is 4.79 Å². The lowest BCUT2D eigenvalue weighted by atomic mass is 10.1. The van der Waals surface area contributed by atoms with Crippen molar-refractivity contribution < 1.29 is 9.53 Å². The highest BCUT2D eigenvalue weighted by atomic mass is 16.5. The van der Waals surface area contributed by atoms with Crippen LogP contribution in [0.25, 0.3) is 10.9 Å². The number of nitrogens with one attached hydrogen (secondary N) is 1. The fraction of sp³-hybridized carbons (Fsp3) is 0.111. The molecule has 0 fully saturated rings. The first-order valence-corrected chi connectivity index (χ1v) is 7.24. The standard InChI is InChI=1S/C18H17N3O2/c1-23-16-9-5-3-7-13(16)11-20-18-14(17(19)22)10-12-6-2-4-8-15(12)21-18/h2-10H,11H2,1H3,(H2,19,22)(H,20,21). The molecule has 5 heteroatoms. The second kappa shape index (κ2) is 6.36. The number of fused-ring (bicyclic) bond motifs is 1. The minimum absolute atomic E-state index is 0.374. The maximum Gasteiger partial charge on any atom is 0.252 e. The van der Waals surface area contributed by atoms with Gasteiger partial charge in [-0.1, -0.05) is 36.4 Å². The van der Waals surface area contributed by atoms with Crippen LogP contribution < -0.4 is 15.8 Å². The predicted molar refractivity (Wildman–Crippen MR) is 90.6 cm³/mol. The molecule has 3 aromatic rings. The van der Waals surface area contributed by atoms with E-state index in [1.807, 2.05) is 48.5 Å². The van der Waals surface area contributed by atoms with Crippen molar-refractivity contribution in [3.63, 3.8) is 0 Å². The van der Waals surface area contributed by atoms with Gasteiger partial charge in [0.15, 0.2) is 0 Å². The number of aromatic nitrogens is 1. The van der Waals surface area contributed by atoms with Gasteiger partial charge < -0.3 is 15.8 Å². The quantitative estimate of drug-likeness (QED) is 0.759. The molecule has 2 aromatic carbocycles. The molecule has 0 aliphatic carbocycles. The van der Waals surface area contributed by atoms with Crippen molar-refractivity contribution in [2.75, 3.05) is 12.4 Å². The minimum Gasteiger partial charge on any atom is -0.496 e. The smallest absolute Gasteiger partial charge is 0.252 e. The number of nitrogens with zero attached hydrogens (tertiary/aromatic N) is 1. The summed E-state index contributed by atoms with van der Waals surface area (Å²) >= 11 is 0. The summed E-state index contributed by atoms with van der Waals surface area (Å²) in [5, 5.41) is 4.06. The Morgan fingerprint density at radius 2 is 1.91 bits per heavy atom. The van der Waals surface area contributed by atoms with Gasteiger partial charge in [0.05, 0.1) is 18.2 Å². The van der Waals surface area contributed by atoms with E-state index < -0.39 is 5.91 Å². The second-order valence-corrected chi connectivity index (χ2v) is 5.11. The van der Waals surface area contributed by atoms with Gasteiger partial charge in [0.1, 0.15) is 11.6 Å². The maximum atomic E-state index is 11.7. The topological polar surface area (TPSA) is 77.2 Å². The number of hydrogen-bond donors (Lipinski definition) is 2. The Morgan fingerprint density at radius 1 is 1.17 bits per heavy atom. The summed E-state index contributed by atoms with van der Waals surface area (Å²) < 4.78 is 5.33. The number of carbonyl (C=O) groups is 1. The molecule has 1 amide bonds. The van der Waals surface area contributed by atoms with Crippen LogP contribution in [0.2, 0.25) is 0 Å². The van der Waals surface area contributed by atoms with E-state index in [-0.39, 0.29) is 0 Å². The third-order valence-electron chi connectivity index (χ3n) is 3.63. The Kier molecular flexibility index (Phi) is 4.10. The molecule has 0 saturated heterocycles. The number of pyridine rings is 1. The zero-order valence-electron chi connectivity index (χ0n) is 12.7. The molecule has 0 aliphatic rings. The molecule has 0 radical (unpaired) electrons. The average molecular weight is 307 g/mol. The lowest BCUT2D eigenvalue weighted by Gasteiger charge is -2.12. The predicted octanol–water partition coefficient (Wildman–Crippen LogP) is 2.95. The number of primary amides is 1. The molecule has 3 N–H and O–H groups in total. The van der Waals surface area contributed by atoms with Crippen LogP contribution in [0.4, 0.5) is 5.82 Å². The summed E-state index contributed by atoms with van der Waals surface area (Å²) in [5.41, 5.74) is 7.64. The third-order valence-corrected chi connectivity index (χ3v) is 3.63. The van der Waals surface area contributed by atoms with Gasteiger partial charge in [0.25, 0.3) is 5.91 Å². The number of rotatable bonds is 5. The fourth-order valence-corrected chi connectivity index (χ4v) is 2.47. The molecule has 3 rings (SSSR count). The van der Waals surface area contributed by atoms with Crippen LogP contribution in [0.5, 0.6) is 5.75 Å². The van der Waals surface area contributed by atoms with E-state index in [0.717, 1.165) is 22.2 Å². The Morgan fingerprint density at radius 3 is 2.70 bits per heavy atom. The van der Waals surface area contributed by atoms with Crippen LogP contribution in [-0.2, 0) is 6.54 Å². The maximum absolute atomic E-state index is 11.7. The molecular formula is C18H17N3O2. The molecule has 0 aliphatic heterocycles. The van der Waals surface area contributed by atoms with Crippen molar-refractivity contribution in [1.29, 1.82) is 0 Å². The molecule has 0 spiro atoms. The monoisotopic (exact) mass is 307 g/mol. The summed E-state index contributed by atoms with van der Waals surface area (Å²) in [5.74, 6) is 0.745. The number of carbonyl (C=O) groups excluding carboxylic acids is 1. The van der Waals surface area contributed by atoms with Gasteiger partial charge in [-0.2, -0.15) is 0 Å². The Balaban J connectivity index is 1.95. The molecule has 5 nitrogen and oxygen atoms in total. The highest BCUT2D eigenvalue weighted by Gasteiger charge is 2.12. The summed E-state index contributed by atoms with van der Waals surface area (Å²) in [6.07, 6.45) is 0. The van der Waals surface area contributed by atoms with Gasteiger partial charge in [0.2, 0.25) is 0 Å². The van der Waals surface area contributed by atoms with Crippen molar-refractivity contribution in [3.05, 3.63) is 65.7 Å². The number of methoxy groups -OCH3 is 1. The van der Waals surface area contributed by atoms with E-state index in [4.69, 9.17) is 10.5 Å². The molecular weight excluding hydrogens is 290 g/mol. The average Bonchev–Trinajstić information content (AvgIpc) is 2.59. The van der Waals surface area contributed by atoms with E-state index >= 15 is 0 Å². The minimum atomic E-state index is -0.509. The Labute approximate surface area is 134 Å². The van der Waals surface area contributed by atoms with Crippen LogP contribution in [0.1, 0.15) is 15.9 Å². The number of nitrogens with two attached hydrogens (primary N) is 1. The highest BCUT2D eigenvalue weighted by molar-refractivity contribution is 6.01. The third kappa shape index (κ3) is 3.08. The molecule has 1 heterocycles. The van der Waals surface area contributed by atoms with E-state index in [1.54, 1.807) is 13.2 Å². The molecule has 1 aromatic heterocycles. The highest BCUT2D eigenvalue weighted by Crippen LogP contribution is 2.23. The van der Waals surface area contributed by atoms with Gasteiger partial charge in [-0.05, 0) is 18.2 Å². The first-order valence-electron chi connectivity index (χ1n) is 7.24. The SMILES string of the molecule is COc1ccccc1CNc1nc2ccccc2cc1C(N)=O. The number of benzene rings is 2. The Hall–Kier alpha value is -3.08. The summed E-state index contributed by atoms with van der Waals surface area (Å²) in [6, 6.07) is 17.0. The van der Waals surface area contributed by atoms with Crippen molar-refractivity contribution in [2.45, 2.75) is 6.54 Å². The van der Waals surface area contributed by atoms with Gasteiger partial charge in [-0.15, -0.1) is 0 Å². The molecule has 23 heavy (non-hydrogen) atoms. The van der Waals surface area contributed by atoms with Crippen LogP contribution in [0, 0.1) is 0 Å². The van der Waals surface area contributed by atoms with Crippen molar-refractivity contribution in [1.82, 2.24) is 4.98 Å². The van der Waals surface area contributed by atoms with Crippen LogP contribution in [0.15, 0.2) is 54.6 Å². The van der Waals surface area contributed by atoms with Gasteiger partial charge in [-0.25, -0.2) is 4.98 Å². The molecule has 0 unspecified atom stereocenters. The van der Waals surface area contributed by atoms with Crippen LogP contribution in [0.3, 0.4) is 0 Å². The van der Waals surface area contributed by atoms with E-state index in [9.17, 15) is 4.79 Å². The van der Waals surface area contributed by atoms with Crippen molar-refractivity contribution in [3.8, 4) is 5.75 Å². The van der Waals surface area contributed by atoms with Crippen LogP contribution in [-0.4, -0.2) is 18.0 Å². The zero-order valence-corrected chi connectivity index (χ0v) is 12.7. The summed E-state index contributed by atoms with van der Waals surface area (Å²) in [4.78, 5) is 16.2.